The summed E-state index contributed by atoms with van der Waals surface area (Å²) in [5, 5.41) is 2.98. The molecule has 1 saturated heterocycles. The molecule has 0 nitrogen and oxygen atoms in total. The van der Waals surface area contributed by atoms with Crippen molar-refractivity contribution in [1.82, 2.24) is 0 Å². The number of thioether (sulfide) groups is 1. The van der Waals surface area contributed by atoms with E-state index in [1.807, 2.05) is 11.3 Å². The number of fused-ring (bicyclic) bond motifs is 3. The highest BCUT2D eigenvalue weighted by Crippen LogP contribution is 2.54. The Morgan fingerprint density at radius 1 is 1.00 bits per heavy atom. The van der Waals surface area contributed by atoms with Crippen LogP contribution in [-0.4, -0.2) is 5.75 Å². The normalized spacial score (nSPS) is 29.6. The van der Waals surface area contributed by atoms with Crippen LogP contribution in [-0.2, 0) is 6.42 Å². The lowest BCUT2D eigenvalue weighted by Gasteiger charge is -2.41. The lowest BCUT2D eigenvalue weighted by atomic mass is 9.72. The molecule has 2 aromatic rings. The monoisotopic (exact) mass is 286 g/mol. The second-order valence-electron chi connectivity index (χ2n) is 5.60. The molecule has 3 atom stereocenters. The molecule has 98 valence electrons. The fraction of sp³-hybridized carbons (Fsp3) is 0.412. The van der Waals surface area contributed by atoms with Crippen LogP contribution in [0.3, 0.4) is 0 Å². The van der Waals surface area contributed by atoms with Crippen molar-refractivity contribution in [3.05, 3.63) is 57.8 Å². The molecule has 1 aromatic carbocycles. The molecule has 4 rings (SSSR count). The summed E-state index contributed by atoms with van der Waals surface area (Å²) >= 11 is 4.14. The van der Waals surface area contributed by atoms with Gasteiger partial charge in [0, 0.05) is 10.1 Å². The van der Waals surface area contributed by atoms with Gasteiger partial charge in [-0.1, -0.05) is 30.3 Å². The Balaban J connectivity index is 1.71. The molecule has 1 aliphatic carbocycles. The molecule has 2 heteroatoms. The van der Waals surface area contributed by atoms with Crippen molar-refractivity contribution < 1.29 is 0 Å². The van der Waals surface area contributed by atoms with Gasteiger partial charge in [0.1, 0.15) is 0 Å². The molecule has 2 aliphatic rings. The molecule has 0 bridgehead atoms. The predicted molar refractivity (Wildman–Crippen MR) is 85.1 cm³/mol. The molecule has 0 spiro atoms. The molecular formula is C17H18S2. The number of benzene rings is 1. The number of thiophene rings is 1. The van der Waals surface area contributed by atoms with Crippen molar-refractivity contribution in [2.24, 2.45) is 5.92 Å². The van der Waals surface area contributed by atoms with E-state index in [9.17, 15) is 0 Å². The summed E-state index contributed by atoms with van der Waals surface area (Å²) < 4.78 is 0. The Morgan fingerprint density at radius 3 is 2.84 bits per heavy atom. The molecule has 19 heavy (non-hydrogen) atoms. The second kappa shape index (κ2) is 4.99. The molecule has 2 heterocycles. The highest BCUT2D eigenvalue weighted by atomic mass is 32.2. The highest BCUT2D eigenvalue weighted by molar-refractivity contribution is 7.99. The minimum Gasteiger partial charge on any atom is -0.153 e. The fourth-order valence-corrected chi connectivity index (χ4v) is 6.41. The quantitative estimate of drug-likeness (QED) is 0.688. The van der Waals surface area contributed by atoms with Gasteiger partial charge < -0.3 is 0 Å². The molecule has 0 saturated carbocycles. The number of hydrogen-bond donors (Lipinski definition) is 0. The molecule has 0 radical (unpaired) electrons. The van der Waals surface area contributed by atoms with Crippen molar-refractivity contribution >= 4 is 23.1 Å². The van der Waals surface area contributed by atoms with Crippen LogP contribution in [0.1, 0.15) is 40.0 Å². The third-order valence-corrected chi connectivity index (χ3v) is 7.20. The van der Waals surface area contributed by atoms with E-state index in [2.05, 4.69) is 53.5 Å². The molecule has 1 aromatic heterocycles. The Labute approximate surface area is 123 Å². The molecular weight excluding hydrogens is 268 g/mol. The maximum Gasteiger partial charge on any atom is 0.0425 e. The van der Waals surface area contributed by atoms with E-state index in [4.69, 9.17) is 0 Å². The Kier molecular flexibility index (Phi) is 3.16. The summed E-state index contributed by atoms with van der Waals surface area (Å²) in [5.74, 6) is 2.98. The van der Waals surface area contributed by atoms with Crippen LogP contribution in [0.25, 0.3) is 0 Å². The number of hydrogen-bond acceptors (Lipinski definition) is 2. The Hall–Kier alpha value is -0.730. The van der Waals surface area contributed by atoms with E-state index >= 15 is 0 Å². The number of aryl methyl sites for hydroxylation is 1. The SMILES string of the molecule is c1csc([C@H]2SCC[C@H]3c4ccccc4CC[C@@H]23)c1. The first kappa shape index (κ1) is 12.0. The average Bonchev–Trinajstić information content (AvgIpc) is 3.00. The van der Waals surface area contributed by atoms with Gasteiger partial charge in [0.25, 0.3) is 0 Å². The maximum absolute atomic E-state index is 2.38. The van der Waals surface area contributed by atoms with Gasteiger partial charge in [-0.2, -0.15) is 11.8 Å². The first-order valence-corrected chi connectivity index (χ1v) is 9.09. The van der Waals surface area contributed by atoms with E-state index in [0.29, 0.717) is 0 Å². The third kappa shape index (κ3) is 2.05. The van der Waals surface area contributed by atoms with Gasteiger partial charge in [0.2, 0.25) is 0 Å². The molecule has 1 fully saturated rings. The molecule has 0 amide bonds. The van der Waals surface area contributed by atoms with Gasteiger partial charge in [-0.05, 0) is 59.4 Å². The summed E-state index contributed by atoms with van der Waals surface area (Å²) in [6, 6.07) is 13.7. The van der Waals surface area contributed by atoms with Crippen molar-refractivity contribution in [1.29, 1.82) is 0 Å². The van der Waals surface area contributed by atoms with E-state index in [-0.39, 0.29) is 0 Å². The maximum atomic E-state index is 2.38. The van der Waals surface area contributed by atoms with Gasteiger partial charge in [-0.15, -0.1) is 11.3 Å². The Bertz CT molecular complexity index is 558. The minimum atomic E-state index is 0.743. The summed E-state index contributed by atoms with van der Waals surface area (Å²) in [4.78, 5) is 1.60. The second-order valence-corrected chi connectivity index (χ2v) is 7.83. The zero-order valence-corrected chi connectivity index (χ0v) is 12.6. The van der Waals surface area contributed by atoms with Crippen LogP contribution in [0.15, 0.2) is 41.8 Å². The summed E-state index contributed by atoms with van der Waals surface area (Å²) in [6.45, 7) is 0. The van der Waals surface area contributed by atoms with E-state index < -0.39 is 0 Å². The largest absolute Gasteiger partial charge is 0.153 e. The standard InChI is InChI=1S/C17H18S2/c1-2-5-13-12(4-1)7-8-15-14(13)9-11-19-17(15)16-6-3-10-18-16/h1-6,10,14-15,17H,7-9,11H2/t14-,15+,17-/m0/s1. The first-order chi connectivity index (χ1) is 9.43. The average molecular weight is 286 g/mol. The molecule has 0 unspecified atom stereocenters. The van der Waals surface area contributed by atoms with Gasteiger partial charge in [0.15, 0.2) is 0 Å². The first-order valence-electron chi connectivity index (χ1n) is 7.16. The van der Waals surface area contributed by atoms with Crippen molar-refractivity contribution in [3.63, 3.8) is 0 Å². The zero-order chi connectivity index (χ0) is 12.7. The van der Waals surface area contributed by atoms with Crippen LogP contribution < -0.4 is 0 Å². The van der Waals surface area contributed by atoms with Gasteiger partial charge in [0.05, 0.1) is 0 Å². The van der Waals surface area contributed by atoms with Crippen molar-refractivity contribution in [2.45, 2.75) is 30.4 Å². The highest BCUT2D eigenvalue weighted by Gasteiger charge is 2.38. The summed E-state index contributed by atoms with van der Waals surface area (Å²) in [5.41, 5.74) is 3.26. The lowest BCUT2D eigenvalue weighted by molar-refractivity contribution is 0.348. The fourth-order valence-electron chi connectivity index (χ4n) is 3.80. The van der Waals surface area contributed by atoms with Gasteiger partial charge in [-0.25, -0.2) is 0 Å². The minimum absolute atomic E-state index is 0.743. The summed E-state index contributed by atoms with van der Waals surface area (Å²) in [6.07, 6.45) is 4.02. The predicted octanol–water partition coefficient (Wildman–Crippen LogP) is 5.27. The van der Waals surface area contributed by atoms with Gasteiger partial charge >= 0.3 is 0 Å². The van der Waals surface area contributed by atoms with E-state index in [0.717, 1.165) is 17.1 Å². The molecule has 1 aliphatic heterocycles. The third-order valence-electron chi connectivity index (χ3n) is 4.66. The lowest BCUT2D eigenvalue weighted by Crippen LogP contribution is -2.28. The van der Waals surface area contributed by atoms with Crippen molar-refractivity contribution in [2.75, 3.05) is 5.75 Å². The van der Waals surface area contributed by atoms with Crippen LogP contribution in [0.5, 0.6) is 0 Å². The Morgan fingerprint density at radius 2 is 1.95 bits per heavy atom. The summed E-state index contributed by atoms with van der Waals surface area (Å²) in [7, 11) is 0. The zero-order valence-electron chi connectivity index (χ0n) is 10.9. The van der Waals surface area contributed by atoms with E-state index in [1.54, 1.807) is 16.0 Å². The number of rotatable bonds is 1. The smallest absolute Gasteiger partial charge is 0.0425 e. The van der Waals surface area contributed by atoms with E-state index in [1.165, 1.54) is 25.0 Å². The van der Waals surface area contributed by atoms with Crippen LogP contribution >= 0.6 is 23.1 Å². The van der Waals surface area contributed by atoms with Crippen molar-refractivity contribution in [3.8, 4) is 0 Å². The topological polar surface area (TPSA) is 0 Å². The van der Waals surface area contributed by atoms with Gasteiger partial charge in [-0.3, -0.25) is 0 Å². The molecule has 0 N–H and O–H groups in total. The van der Waals surface area contributed by atoms with Crippen LogP contribution in [0, 0.1) is 5.92 Å². The van der Waals surface area contributed by atoms with Crippen LogP contribution in [0.4, 0.5) is 0 Å². The van der Waals surface area contributed by atoms with Crippen LogP contribution in [0.2, 0.25) is 0 Å².